The third-order valence-electron chi connectivity index (χ3n) is 3.76. The van der Waals surface area contributed by atoms with Crippen LogP contribution in [0.25, 0.3) is 11.3 Å². The Bertz CT molecular complexity index is 636. The Morgan fingerprint density at radius 2 is 2.06 bits per heavy atom. The van der Waals surface area contributed by atoms with E-state index < -0.39 is 0 Å². The molecule has 3 rings (SSSR count). The quantitative estimate of drug-likeness (QED) is 0.863. The average Bonchev–Trinajstić information content (AvgIpc) is 2.89. The van der Waals surface area contributed by atoms with Crippen molar-refractivity contribution < 1.29 is 0 Å². The number of aromatic nitrogens is 2. The van der Waals surface area contributed by atoms with Crippen molar-refractivity contribution in [2.75, 3.05) is 0 Å². The Morgan fingerprint density at radius 3 is 2.78 bits per heavy atom. The van der Waals surface area contributed by atoms with Gasteiger partial charge in [-0.05, 0) is 48.4 Å². The van der Waals surface area contributed by atoms with E-state index in [1.165, 1.54) is 17.5 Å². The summed E-state index contributed by atoms with van der Waals surface area (Å²) in [6.07, 6.45) is 2.34. The normalized spacial score (nSPS) is 18.0. The molecule has 3 nitrogen and oxygen atoms in total. The summed E-state index contributed by atoms with van der Waals surface area (Å²) in [4.78, 5) is 11.7. The zero-order valence-corrected chi connectivity index (χ0v) is 10.9. The van der Waals surface area contributed by atoms with Crippen LogP contribution in [-0.2, 0) is 19.4 Å². The van der Waals surface area contributed by atoms with E-state index in [0.29, 0.717) is 6.54 Å². The Kier molecular flexibility index (Phi) is 2.62. The topological polar surface area (TPSA) is 37.8 Å². The van der Waals surface area contributed by atoms with Gasteiger partial charge in [0.1, 0.15) is 0 Å². The number of aryl methyl sites for hydroxylation is 1. The zero-order chi connectivity index (χ0) is 12.7. The van der Waals surface area contributed by atoms with Gasteiger partial charge in [0.05, 0.1) is 5.69 Å². The standard InChI is InChI=1S/C15H18N2O/c1-3-17-15(18)9-14(16-17)12-5-4-11-6-10(2)7-13(11)8-12/h4-5,8-10,16H,3,6-7H2,1-2H3. The highest BCUT2D eigenvalue weighted by Crippen LogP contribution is 2.29. The first-order chi connectivity index (χ1) is 8.67. The maximum absolute atomic E-state index is 11.7. The molecular weight excluding hydrogens is 224 g/mol. The van der Waals surface area contributed by atoms with Gasteiger partial charge in [-0.1, -0.05) is 19.1 Å². The van der Waals surface area contributed by atoms with E-state index in [4.69, 9.17) is 0 Å². The van der Waals surface area contributed by atoms with Crippen LogP contribution in [0.15, 0.2) is 29.1 Å². The molecule has 1 aliphatic carbocycles. The molecule has 1 N–H and O–H groups in total. The van der Waals surface area contributed by atoms with Crippen LogP contribution in [-0.4, -0.2) is 9.78 Å². The molecule has 0 aliphatic heterocycles. The van der Waals surface area contributed by atoms with Gasteiger partial charge in [0.2, 0.25) is 0 Å². The number of nitrogens with one attached hydrogen (secondary N) is 1. The first-order valence-electron chi connectivity index (χ1n) is 6.59. The number of rotatable bonds is 2. The maximum atomic E-state index is 11.7. The molecule has 1 aromatic heterocycles. The van der Waals surface area contributed by atoms with Crippen LogP contribution in [0.1, 0.15) is 25.0 Å². The van der Waals surface area contributed by atoms with Gasteiger partial charge < -0.3 is 0 Å². The first kappa shape index (κ1) is 11.3. The number of hydrogen-bond acceptors (Lipinski definition) is 1. The Balaban J connectivity index is 2.02. The van der Waals surface area contributed by atoms with Gasteiger partial charge in [-0.2, -0.15) is 0 Å². The summed E-state index contributed by atoms with van der Waals surface area (Å²) in [6, 6.07) is 8.23. The molecular formula is C15H18N2O. The molecule has 0 fully saturated rings. The van der Waals surface area contributed by atoms with E-state index in [-0.39, 0.29) is 5.56 Å². The maximum Gasteiger partial charge on any atom is 0.267 e. The molecule has 2 aromatic rings. The Hall–Kier alpha value is -1.77. The molecule has 0 amide bonds. The van der Waals surface area contributed by atoms with Crippen molar-refractivity contribution in [1.82, 2.24) is 9.78 Å². The SMILES string of the molecule is CCn1[nH]c(-c2ccc3c(c2)CC(C)C3)cc1=O. The molecule has 0 radical (unpaired) electrons. The van der Waals surface area contributed by atoms with Crippen molar-refractivity contribution in [3.8, 4) is 11.3 Å². The minimum Gasteiger partial charge on any atom is -0.295 e. The van der Waals surface area contributed by atoms with E-state index in [1.807, 2.05) is 6.92 Å². The molecule has 1 atom stereocenters. The van der Waals surface area contributed by atoms with Gasteiger partial charge in [0.15, 0.2) is 0 Å². The van der Waals surface area contributed by atoms with Crippen LogP contribution in [0.2, 0.25) is 0 Å². The van der Waals surface area contributed by atoms with E-state index in [0.717, 1.165) is 23.6 Å². The number of H-pyrrole nitrogens is 1. The molecule has 94 valence electrons. The van der Waals surface area contributed by atoms with Gasteiger partial charge in [-0.25, -0.2) is 0 Å². The molecule has 3 heteroatoms. The summed E-state index contributed by atoms with van der Waals surface area (Å²) >= 11 is 0. The number of fused-ring (bicyclic) bond motifs is 1. The third kappa shape index (κ3) is 1.80. The lowest BCUT2D eigenvalue weighted by Crippen LogP contribution is -2.13. The highest BCUT2D eigenvalue weighted by Gasteiger charge is 2.18. The highest BCUT2D eigenvalue weighted by atomic mass is 16.1. The van der Waals surface area contributed by atoms with E-state index >= 15 is 0 Å². The smallest absolute Gasteiger partial charge is 0.267 e. The van der Waals surface area contributed by atoms with Gasteiger partial charge in [-0.15, -0.1) is 0 Å². The minimum absolute atomic E-state index is 0.0429. The van der Waals surface area contributed by atoms with Crippen molar-refractivity contribution in [2.24, 2.45) is 5.92 Å². The molecule has 1 unspecified atom stereocenters. The summed E-state index contributed by atoms with van der Waals surface area (Å²) in [6.45, 7) is 4.93. The largest absolute Gasteiger partial charge is 0.295 e. The van der Waals surface area contributed by atoms with E-state index in [9.17, 15) is 4.79 Å². The van der Waals surface area contributed by atoms with Crippen LogP contribution in [0.5, 0.6) is 0 Å². The summed E-state index contributed by atoms with van der Waals surface area (Å²) < 4.78 is 1.63. The van der Waals surface area contributed by atoms with Crippen LogP contribution in [0, 0.1) is 5.92 Å². The van der Waals surface area contributed by atoms with Crippen LogP contribution < -0.4 is 5.56 Å². The molecule has 0 spiro atoms. The lowest BCUT2D eigenvalue weighted by molar-refractivity contribution is 0.628. The monoisotopic (exact) mass is 242 g/mol. The Morgan fingerprint density at radius 1 is 1.28 bits per heavy atom. The summed E-state index contributed by atoms with van der Waals surface area (Å²) in [7, 11) is 0. The molecule has 18 heavy (non-hydrogen) atoms. The van der Waals surface area contributed by atoms with Crippen LogP contribution >= 0.6 is 0 Å². The summed E-state index contributed by atoms with van der Waals surface area (Å²) in [5.74, 6) is 0.745. The van der Waals surface area contributed by atoms with E-state index in [1.54, 1.807) is 10.7 Å². The molecule has 1 aliphatic rings. The third-order valence-corrected chi connectivity index (χ3v) is 3.76. The lowest BCUT2D eigenvalue weighted by Gasteiger charge is -2.03. The van der Waals surface area contributed by atoms with Crippen molar-refractivity contribution in [3.05, 3.63) is 45.7 Å². The van der Waals surface area contributed by atoms with E-state index in [2.05, 4.69) is 30.2 Å². The first-order valence-corrected chi connectivity index (χ1v) is 6.59. The van der Waals surface area contributed by atoms with Crippen molar-refractivity contribution in [1.29, 1.82) is 0 Å². The molecule has 0 saturated heterocycles. The number of aromatic amines is 1. The van der Waals surface area contributed by atoms with Crippen LogP contribution in [0.3, 0.4) is 0 Å². The predicted molar refractivity (Wildman–Crippen MR) is 72.7 cm³/mol. The fourth-order valence-electron chi connectivity index (χ4n) is 2.82. The highest BCUT2D eigenvalue weighted by molar-refractivity contribution is 5.61. The lowest BCUT2D eigenvalue weighted by atomic mass is 10.0. The van der Waals surface area contributed by atoms with Crippen molar-refractivity contribution in [3.63, 3.8) is 0 Å². The second-order valence-electron chi connectivity index (χ2n) is 5.25. The fourth-order valence-corrected chi connectivity index (χ4v) is 2.82. The van der Waals surface area contributed by atoms with Crippen LogP contribution in [0.4, 0.5) is 0 Å². The zero-order valence-electron chi connectivity index (χ0n) is 10.9. The van der Waals surface area contributed by atoms with Crippen molar-refractivity contribution >= 4 is 0 Å². The van der Waals surface area contributed by atoms with Gasteiger partial charge >= 0.3 is 0 Å². The second-order valence-corrected chi connectivity index (χ2v) is 5.25. The average molecular weight is 242 g/mol. The second kappa shape index (κ2) is 4.16. The molecule has 0 bridgehead atoms. The van der Waals surface area contributed by atoms with Crippen molar-refractivity contribution in [2.45, 2.75) is 33.2 Å². The predicted octanol–water partition coefficient (Wildman–Crippen LogP) is 2.60. The number of nitrogens with zero attached hydrogens (tertiary/aromatic N) is 1. The molecule has 1 heterocycles. The fraction of sp³-hybridized carbons (Fsp3) is 0.400. The molecule has 0 saturated carbocycles. The Labute approximate surface area is 106 Å². The number of hydrogen-bond donors (Lipinski definition) is 1. The van der Waals surface area contributed by atoms with Gasteiger partial charge in [-0.3, -0.25) is 14.6 Å². The summed E-state index contributed by atoms with van der Waals surface area (Å²) in [5, 5.41) is 3.15. The minimum atomic E-state index is 0.0429. The number of benzene rings is 1. The van der Waals surface area contributed by atoms with Gasteiger partial charge in [0.25, 0.3) is 5.56 Å². The summed E-state index contributed by atoms with van der Waals surface area (Å²) in [5.41, 5.74) is 4.98. The molecule has 1 aromatic carbocycles. The van der Waals surface area contributed by atoms with Gasteiger partial charge in [0, 0.05) is 12.6 Å².